The van der Waals surface area contributed by atoms with E-state index in [-0.39, 0.29) is 35.1 Å². The zero-order chi connectivity index (χ0) is 18.5. The van der Waals surface area contributed by atoms with Gasteiger partial charge in [0.25, 0.3) is 0 Å². The molecule has 2 heterocycles. The van der Waals surface area contributed by atoms with Crippen LogP contribution >= 0.6 is 0 Å². The van der Waals surface area contributed by atoms with Gasteiger partial charge in [-0.2, -0.15) is 13.2 Å². The van der Waals surface area contributed by atoms with Gasteiger partial charge in [0.2, 0.25) is 5.82 Å². The Morgan fingerprint density at radius 1 is 1.08 bits per heavy atom. The van der Waals surface area contributed by atoms with Crippen LogP contribution in [0.4, 0.5) is 27.8 Å². The van der Waals surface area contributed by atoms with Crippen LogP contribution in [-0.2, 0) is 12.7 Å². The molecule has 3 aromatic rings. The number of anilines is 1. The number of nitrogens with one attached hydrogen (secondary N) is 1. The normalized spacial score (nSPS) is 14.8. The largest absolute Gasteiger partial charge is 0.451 e. The van der Waals surface area contributed by atoms with Gasteiger partial charge in [-0.1, -0.05) is 0 Å². The van der Waals surface area contributed by atoms with Gasteiger partial charge in [0.05, 0.1) is 12.9 Å². The molecule has 0 bridgehead atoms. The maximum atomic E-state index is 13.4. The molecule has 1 aliphatic rings. The smallest absolute Gasteiger partial charge is 0.365 e. The third kappa shape index (κ3) is 3.31. The molecule has 5 nitrogen and oxygen atoms in total. The minimum atomic E-state index is -4.73. The molecule has 4 rings (SSSR count). The highest BCUT2D eigenvalue weighted by molar-refractivity contribution is 5.83. The van der Waals surface area contributed by atoms with E-state index in [1.54, 1.807) is 0 Å². The lowest BCUT2D eigenvalue weighted by atomic mass is 10.2. The van der Waals surface area contributed by atoms with Crippen molar-refractivity contribution in [3.05, 3.63) is 47.5 Å². The summed E-state index contributed by atoms with van der Waals surface area (Å²) in [5.41, 5.74) is 0.368. The minimum absolute atomic E-state index is 0.00833. The van der Waals surface area contributed by atoms with Gasteiger partial charge in [0, 0.05) is 12.1 Å². The standard InChI is InChI=1S/C16H12F5N5/c17-9-3-8(4-10(18)5-9)6-26-7-22-12-13(23-11-1-2-11)24-15(16(19,20)21)25-14(12)26/h3-5,7,11H,1-2,6H2,(H,23,24,25). The summed E-state index contributed by atoms with van der Waals surface area (Å²) < 4.78 is 67.4. The molecule has 0 spiro atoms. The van der Waals surface area contributed by atoms with Crippen LogP contribution in [0, 0.1) is 11.6 Å². The van der Waals surface area contributed by atoms with Crippen molar-refractivity contribution in [2.24, 2.45) is 0 Å². The maximum Gasteiger partial charge on any atom is 0.451 e. The van der Waals surface area contributed by atoms with Crippen LogP contribution in [0.3, 0.4) is 0 Å². The Balaban J connectivity index is 1.79. The van der Waals surface area contributed by atoms with Gasteiger partial charge in [-0.05, 0) is 30.5 Å². The third-order valence-electron chi connectivity index (χ3n) is 3.91. The van der Waals surface area contributed by atoms with E-state index in [2.05, 4.69) is 20.3 Å². The van der Waals surface area contributed by atoms with Crippen molar-refractivity contribution in [3.63, 3.8) is 0 Å². The Morgan fingerprint density at radius 2 is 1.77 bits per heavy atom. The molecule has 0 aliphatic heterocycles. The summed E-state index contributed by atoms with van der Waals surface area (Å²) in [6.45, 7) is -0.0810. The first-order chi connectivity index (χ1) is 12.3. The highest BCUT2D eigenvalue weighted by Gasteiger charge is 2.37. The fourth-order valence-corrected chi connectivity index (χ4v) is 2.61. The average Bonchev–Trinajstić information content (AvgIpc) is 3.25. The van der Waals surface area contributed by atoms with Gasteiger partial charge in [-0.3, -0.25) is 0 Å². The Kier molecular flexibility index (Phi) is 3.78. The van der Waals surface area contributed by atoms with Crippen molar-refractivity contribution < 1.29 is 22.0 Å². The number of imidazole rings is 1. The molecule has 1 N–H and O–H groups in total. The number of nitrogens with zero attached hydrogens (tertiary/aromatic N) is 4. The molecule has 1 fully saturated rings. The SMILES string of the molecule is Fc1cc(F)cc(Cn2cnc3c(NC4CC4)nc(C(F)(F)F)nc32)c1. The quantitative estimate of drug-likeness (QED) is 0.712. The molecule has 0 radical (unpaired) electrons. The monoisotopic (exact) mass is 369 g/mol. The van der Waals surface area contributed by atoms with E-state index in [9.17, 15) is 22.0 Å². The first kappa shape index (κ1) is 16.7. The number of halogens is 5. The van der Waals surface area contributed by atoms with Crippen molar-refractivity contribution in [1.29, 1.82) is 0 Å². The van der Waals surface area contributed by atoms with Crippen LogP contribution < -0.4 is 5.32 Å². The summed E-state index contributed by atoms with van der Waals surface area (Å²) in [5, 5.41) is 2.92. The summed E-state index contributed by atoms with van der Waals surface area (Å²) >= 11 is 0. The van der Waals surface area contributed by atoms with Crippen LogP contribution in [0.1, 0.15) is 24.2 Å². The van der Waals surface area contributed by atoms with E-state index in [0.717, 1.165) is 31.0 Å². The van der Waals surface area contributed by atoms with Crippen LogP contribution in [0.25, 0.3) is 11.2 Å². The molecule has 10 heteroatoms. The molecule has 0 amide bonds. The Hall–Kier alpha value is -2.78. The second-order valence-corrected chi connectivity index (χ2v) is 6.13. The van der Waals surface area contributed by atoms with E-state index >= 15 is 0 Å². The van der Waals surface area contributed by atoms with Gasteiger partial charge in [0.1, 0.15) is 17.2 Å². The highest BCUT2D eigenvalue weighted by atomic mass is 19.4. The number of hydrogen-bond acceptors (Lipinski definition) is 4. The van der Waals surface area contributed by atoms with Crippen molar-refractivity contribution >= 4 is 17.0 Å². The van der Waals surface area contributed by atoms with E-state index < -0.39 is 23.6 Å². The summed E-state index contributed by atoms with van der Waals surface area (Å²) in [5.74, 6) is -2.83. The van der Waals surface area contributed by atoms with Gasteiger partial charge in [0.15, 0.2) is 11.5 Å². The van der Waals surface area contributed by atoms with E-state index in [4.69, 9.17) is 0 Å². The molecule has 0 atom stereocenters. The van der Waals surface area contributed by atoms with Crippen molar-refractivity contribution in [1.82, 2.24) is 19.5 Å². The predicted octanol–water partition coefficient (Wildman–Crippen LogP) is 3.75. The second kappa shape index (κ2) is 5.89. The summed E-state index contributed by atoms with van der Waals surface area (Å²) in [7, 11) is 0. The molecule has 2 aromatic heterocycles. The third-order valence-corrected chi connectivity index (χ3v) is 3.91. The lowest BCUT2D eigenvalue weighted by Crippen LogP contribution is -2.15. The van der Waals surface area contributed by atoms with Crippen molar-refractivity contribution in [2.45, 2.75) is 31.6 Å². The van der Waals surface area contributed by atoms with Crippen LogP contribution in [0.15, 0.2) is 24.5 Å². The number of fused-ring (bicyclic) bond motifs is 1. The van der Waals surface area contributed by atoms with Gasteiger partial charge < -0.3 is 9.88 Å². The molecule has 1 saturated carbocycles. The number of alkyl halides is 3. The van der Waals surface area contributed by atoms with E-state index in [1.807, 2.05) is 0 Å². The average molecular weight is 369 g/mol. The predicted molar refractivity (Wildman–Crippen MR) is 82.4 cm³/mol. The first-order valence-corrected chi connectivity index (χ1v) is 7.81. The number of hydrogen-bond donors (Lipinski definition) is 1. The Labute approximate surface area is 143 Å². The lowest BCUT2D eigenvalue weighted by molar-refractivity contribution is -0.144. The molecule has 1 aromatic carbocycles. The minimum Gasteiger partial charge on any atom is -0.365 e. The van der Waals surface area contributed by atoms with Crippen molar-refractivity contribution in [3.8, 4) is 0 Å². The molecule has 0 saturated heterocycles. The fraction of sp³-hybridized carbons (Fsp3) is 0.312. The fourth-order valence-electron chi connectivity index (χ4n) is 2.61. The molecular weight excluding hydrogens is 357 g/mol. The number of aromatic nitrogens is 4. The summed E-state index contributed by atoms with van der Waals surface area (Å²) in [4.78, 5) is 11.2. The van der Waals surface area contributed by atoms with Crippen LogP contribution in [-0.4, -0.2) is 25.6 Å². The summed E-state index contributed by atoms with van der Waals surface area (Å²) in [6.07, 6.45) is -1.76. The molecule has 136 valence electrons. The number of benzene rings is 1. The van der Waals surface area contributed by atoms with E-state index in [0.29, 0.717) is 0 Å². The molecular formula is C16H12F5N5. The molecule has 1 aliphatic carbocycles. The lowest BCUT2D eigenvalue weighted by Gasteiger charge is -2.11. The Morgan fingerprint density at radius 3 is 2.38 bits per heavy atom. The van der Waals surface area contributed by atoms with Gasteiger partial charge in [-0.25, -0.2) is 23.7 Å². The molecule has 26 heavy (non-hydrogen) atoms. The zero-order valence-electron chi connectivity index (χ0n) is 13.2. The first-order valence-electron chi connectivity index (χ1n) is 7.81. The van der Waals surface area contributed by atoms with Crippen LogP contribution in [0.5, 0.6) is 0 Å². The van der Waals surface area contributed by atoms with Gasteiger partial charge in [-0.15, -0.1) is 0 Å². The topological polar surface area (TPSA) is 55.6 Å². The highest BCUT2D eigenvalue weighted by Crippen LogP contribution is 2.32. The van der Waals surface area contributed by atoms with Gasteiger partial charge >= 0.3 is 6.18 Å². The zero-order valence-corrected chi connectivity index (χ0v) is 13.2. The number of rotatable bonds is 4. The Bertz CT molecular complexity index is 957. The maximum absolute atomic E-state index is 13.4. The summed E-state index contributed by atoms with van der Waals surface area (Å²) in [6, 6.07) is 2.99. The molecule has 0 unspecified atom stereocenters. The van der Waals surface area contributed by atoms with Crippen molar-refractivity contribution in [2.75, 3.05) is 5.32 Å². The second-order valence-electron chi connectivity index (χ2n) is 6.13. The van der Waals surface area contributed by atoms with Crippen LogP contribution in [0.2, 0.25) is 0 Å². The van der Waals surface area contributed by atoms with E-state index in [1.165, 1.54) is 10.9 Å².